The summed E-state index contributed by atoms with van der Waals surface area (Å²) >= 11 is 1.87. The molecule has 1 saturated carbocycles. The number of ether oxygens (including phenoxy) is 1. The highest BCUT2D eigenvalue weighted by Crippen LogP contribution is 2.52. The number of benzene rings is 2. The highest BCUT2D eigenvalue weighted by Gasteiger charge is 2.49. The fourth-order valence-electron chi connectivity index (χ4n) is 6.25. The van der Waals surface area contributed by atoms with Gasteiger partial charge in [-0.1, -0.05) is 24.3 Å². The smallest absolute Gasteiger partial charge is 0.165 e. The van der Waals surface area contributed by atoms with Gasteiger partial charge in [0.05, 0.1) is 20.8 Å². The summed E-state index contributed by atoms with van der Waals surface area (Å²) in [6.07, 6.45) is 5.54. The average molecular weight is 449 g/mol. The number of hydrogen-bond donors (Lipinski definition) is 1. The minimum atomic E-state index is -0.463. The SMILES string of the molecule is CC1(C)OC2(C)c3ccccc3CCN2c2cc3sc(C4CCC(CO)CC4)nc3cc21. The van der Waals surface area contributed by atoms with Crippen LogP contribution >= 0.6 is 11.3 Å². The number of rotatable bonds is 2. The van der Waals surface area contributed by atoms with E-state index in [9.17, 15) is 5.11 Å². The van der Waals surface area contributed by atoms with E-state index in [0.717, 1.165) is 44.2 Å². The minimum absolute atomic E-state index is 0.325. The first-order valence-electron chi connectivity index (χ1n) is 12.0. The molecule has 2 aromatic carbocycles. The van der Waals surface area contributed by atoms with Crippen LogP contribution in [0.4, 0.5) is 5.69 Å². The maximum absolute atomic E-state index is 9.48. The lowest BCUT2D eigenvalue weighted by Gasteiger charge is -2.55. The summed E-state index contributed by atoms with van der Waals surface area (Å²) in [4.78, 5) is 7.57. The fourth-order valence-corrected chi connectivity index (χ4v) is 7.40. The van der Waals surface area contributed by atoms with Crippen LogP contribution in [-0.4, -0.2) is 23.2 Å². The van der Waals surface area contributed by atoms with Crippen LogP contribution in [0.3, 0.4) is 0 Å². The largest absolute Gasteiger partial charge is 0.396 e. The van der Waals surface area contributed by atoms with E-state index >= 15 is 0 Å². The first-order chi connectivity index (χ1) is 15.4. The Morgan fingerprint density at radius 3 is 2.66 bits per heavy atom. The van der Waals surface area contributed by atoms with Crippen molar-refractivity contribution in [2.75, 3.05) is 18.1 Å². The highest BCUT2D eigenvalue weighted by molar-refractivity contribution is 7.18. The third-order valence-corrected chi connectivity index (χ3v) is 9.19. The summed E-state index contributed by atoms with van der Waals surface area (Å²) in [5, 5.41) is 10.7. The monoisotopic (exact) mass is 448 g/mol. The molecule has 1 aromatic heterocycles. The molecular weight excluding hydrogens is 416 g/mol. The van der Waals surface area contributed by atoms with Crippen LogP contribution < -0.4 is 4.90 Å². The molecule has 5 heteroatoms. The second kappa shape index (κ2) is 7.28. The first-order valence-corrected chi connectivity index (χ1v) is 12.8. The normalized spacial score (nSPS) is 28.8. The number of hydrogen-bond acceptors (Lipinski definition) is 5. The second-order valence-electron chi connectivity index (χ2n) is 10.4. The average Bonchev–Trinajstić information content (AvgIpc) is 3.21. The van der Waals surface area contributed by atoms with E-state index in [1.165, 1.54) is 32.1 Å². The molecule has 1 N–H and O–H groups in total. The van der Waals surface area contributed by atoms with Crippen LogP contribution in [0.1, 0.15) is 74.1 Å². The molecule has 4 nitrogen and oxygen atoms in total. The molecule has 3 aromatic rings. The number of nitrogens with zero attached hydrogens (tertiary/aromatic N) is 2. The summed E-state index contributed by atoms with van der Waals surface area (Å²) in [6, 6.07) is 13.4. The molecule has 0 saturated heterocycles. The Hall–Kier alpha value is -1.95. The minimum Gasteiger partial charge on any atom is -0.396 e. The van der Waals surface area contributed by atoms with Crippen LogP contribution in [0.2, 0.25) is 0 Å². The summed E-state index contributed by atoms with van der Waals surface area (Å²) in [6.45, 7) is 7.91. The van der Waals surface area contributed by atoms with E-state index < -0.39 is 11.3 Å². The molecule has 3 heterocycles. The summed E-state index contributed by atoms with van der Waals surface area (Å²) in [5.74, 6) is 1.01. The topological polar surface area (TPSA) is 45.6 Å². The maximum Gasteiger partial charge on any atom is 0.165 e. The van der Waals surface area contributed by atoms with Crippen LogP contribution in [0.25, 0.3) is 10.2 Å². The fraction of sp³-hybridized carbons (Fsp3) is 0.519. The van der Waals surface area contributed by atoms with Gasteiger partial charge in [0.2, 0.25) is 0 Å². The molecule has 6 rings (SSSR count). The lowest BCUT2D eigenvalue weighted by Crippen LogP contribution is -2.57. The predicted molar refractivity (Wildman–Crippen MR) is 130 cm³/mol. The molecule has 3 aliphatic rings. The van der Waals surface area contributed by atoms with Crippen molar-refractivity contribution in [1.29, 1.82) is 0 Å². The van der Waals surface area contributed by atoms with Crippen molar-refractivity contribution in [2.45, 2.75) is 70.1 Å². The lowest BCUT2D eigenvalue weighted by atomic mass is 9.83. The van der Waals surface area contributed by atoms with Crippen molar-refractivity contribution < 1.29 is 9.84 Å². The molecule has 1 fully saturated rings. The zero-order valence-corrected chi connectivity index (χ0v) is 20.0. The Morgan fingerprint density at radius 1 is 1.09 bits per heavy atom. The summed E-state index contributed by atoms with van der Waals surface area (Å²) < 4.78 is 8.17. The predicted octanol–water partition coefficient (Wildman–Crippen LogP) is 6.06. The van der Waals surface area contributed by atoms with Gasteiger partial charge in [-0.05, 0) is 76.5 Å². The molecule has 32 heavy (non-hydrogen) atoms. The second-order valence-corrected chi connectivity index (χ2v) is 11.5. The van der Waals surface area contributed by atoms with Gasteiger partial charge in [-0.25, -0.2) is 4.98 Å². The molecule has 1 unspecified atom stereocenters. The van der Waals surface area contributed by atoms with E-state index in [-0.39, 0.29) is 0 Å². The number of fused-ring (bicyclic) bond motifs is 6. The number of aliphatic hydroxyl groups is 1. The van der Waals surface area contributed by atoms with Gasteiger partial charge in [-0.2, -0.15) is 0 Å². The molecule has 1 aliphatic carbocycles. The van der Waals surface area contributed by atoms with E-state index in [0.29, 0.717) is 18.4 Å². The molecule has 2 aliphatic heterocycles. The van der Waals surface area contributed by atoms with Crippen molar-refractivity contribution in [2.24, 2.45) is 5.92 Å². The standard InChI is InChI=1S/C27H32N2O2S/c1-26(2)21-14-22-24(32-25(28-22)19-10-8-17(16-30)9-11-19)15-23(21)29-13-12-18-6-4-5-7-20(18)27(29,3)31-26/h4-7,14-15,17,19,30H,8-13,16H2,1-3H3. The maximum atomic E-state index is 9.48. The van der Waals surface area contributed by atoms with E-state index in [4.69, 9.17) is 9.72 Å². The van der Waals surface area contributed by atoms with Crippen molar-refractivity contribution in [3.63, 3.8) is 0 Å². The first kappa shape index (κ1) is 20.6. The van der Waals surface area contributed by atoms with Gasteiger partial charge in [0.1, 0.15) is 0 Å². The van der Waals surface area contributed by atoms with Crippen LogP contribution in [0.15, 0.2) is 36.4 Å². The van der Waals surface area contributed by atoms with Crippen LogP contribution in [0.5, 0.6) is 0 Å². The molecule has 168 valence electrons. The van der Waals surface area contributed by atoms with Crippen LogP contribution in [0, 0.1) is 5.92 Å². The number of anilines is 1. The van der Waals surface area contributed by atoms with Gasteiger partial charge in [-0.15, -0.1) is 11.3 Å². The molecule has 0 spiro atoms. The van der Waals surface area contributed by atoms with Gasteiger partial charge < -0.3 is 14.7 Å². The van der Waals surface area contributed by atoms with Gasteiger partial charge >= 0.3 is 0 Å². The Morgan fingerprint density at radius 2 is 1.88 bits per heavy atom. The van der Waals surface area contributed by atoms with Crippen molar-refractivity contribution in [1.82, 2.24) is 4.98 Å². The van der Waals surface area contributed by atoms with E-state index in [2.05, 4.69) is 62.1 Å². The van der Waals surface area contributed by atoms with Gasteiger partial charge in [0.25, 0.3) is 0 Å². The Balaban J connectivity index is 1.43. The number of thiazole rings is 1. The molecule has 0 radical (unpaired) electrons. The number of aliphatic hydroxyl groups excluding tert-OH is 1. The Labute approximate surface area is 194 Å². The molecule has 0 bridgehead atoms. The third-order valence-electron chi connectivity index (χ3n) is 8.01. The van der Waals surface area contributed by atoms with Crippen molar-refractivity contribution in [3.05, 3.63) is 58.1 Å². The quantitative estimate of drug-likeness (QED) is 0.517. The zero-order chi connectivity index (χ0) is 22.1. The van der Waals surface area contributed by atoms with Gasteiger partial charge in [0.15, 0.2) is 5.72 Å². The Bertz CT molecular complexity index is 1180. The lowest BCUT2D eigenvalue weighted by molar-refractivity contribution is -0.155. The zero-order valence-electron chi connectivity index (χ0n) is 19.2. The Kier molecular flexibility index (Phi) is 4.69. The van der Waals surface area contributed by atoms with Gasteiger partial charge in [-0.3, -0.25) is 0 Å². The van der Waals surface area contributed by atoms with Gasteiger partial charge in [0, 0.05) is 35.9 Å². The van der Waals surface area contributed by atoms with Crippen LogP contribution in [-0.2, 0) is 22.5 Å². The van der Waals surface area contributed by atoms with Crippen molar-refractivity contribution in [3.8, 4) is 0 Å². The number of aromatic nitrogens is 1. The van der Waals surface area contributed by atoms with E-state index in [1.807, 2.05) is 11.3 Å². The third kappa shape index (κ3) is 3.05. The molecular formula is C27H32N2O2S. The summed E-state index contributed by atoms with van der Waals surface area (Å²) in [5.41, 5.74) is 5.46. The molecule has 0 amide bonds. The van der Waals surface area contributed by atoms with E-state index in [1.54, 1.807) is 0 Å². The highest BCUT2D eigenvalue weighted by atomic mass is 32.1. The summed E-state index contributed by atoms with van der Waals surface area (Å²) in [7, 11) is 0. The van der Waals surface area contributed by atoms with Crippen molar-refractivity contribution >= 4 is 27.2 Å². The molecule has 1 atom stereocenters.